The van der Waals surface area contributed by atoms with Crippen LogP contribution in [0.25, 0.3) is 0 Å². The maximum absolute atomic E-state index is 12.1. The van der Waals surface area contributed by atoms with Crippen LogP contribution in [0.15, 0.2) is 29.2 Å². The first-order chi connectivity index (χ1) is 10.8. The van der Waals surface area contributed by atoms with E-state index in [9.17, 15) is 18.0 Å². The molecule has 0 N–H and O–H groups in total. The number of amides is 1. The third-order valence-corrected chi connectivity index (χ3v) is 4.58. The van der Waals surface area contributed by atoms with Crippen molar-refractivity contribution in [2.45, 2.75) is 17.9 Å². The van der Waals surface area contributed by atoms with Gasteiger partial charge in [0.15, 0.2) is 16.4 Å². The van der Waals surface area contributed by atoms with E-state index in [-0.39, 0.29) is 22.5 Å². The van der Waals surface area contributed by atoms with E-state index in [4.69, 9.17) is 9.47 Å². The lowest BCUT2D eigenvalue weighted by Gasteiger charge is -2.30. The van der Waals surface area contributed by atoms with Gasteiger partial charge >= 0.3 is 5.97 Å². The summed E-state index contributed by atoms with van der Waals surface area (Å²) in [5.41, 5.74) is -0.0712. The first kappa shape index (κ1) is 17.4. The molecule has 0 radical (unpaired) electrons. The Hall–Kier alpha value is -1.93. The monoisotopic (exact) mass is 341 g/mol. The van der Waals surface area contributed by atoms with E-state index in [1.165, 1.54) is 24.3 Å². The summed E-state index contributed by atoms with van der Waals surface area (Å²) in [5, 5.41) is 0. The number of nitrogens with zero attached hydrogens (tertiary/aromatic N) is 1. The van der Waals surface area contributed by atoms with E-state index in [0.29, 0.717) is 19.7 Å². The van der Waals surface area contributed by atoms with Crippen molar-refractivity contribution in [1.82, 2.24) is 4.90 Å². The van der Waals surface area contributed by atoms with E-state index >= 15 is 0 Å². The van der Waals surface area contributed by atoms with E-state index in [2.05, 4.69) is 0 Å². The fourth-order valence-corrected chi connectivity index (χ4v) is 3.18. The average Bonchev–Trinajstić information content (AvgIpc) is 2.51. The summed E-state index contributed by atoms with van der Waals surface area (Å²) in [6.45, 7) is 2.76. The molecule has 0 bridgehead atoms. The Kier molecular flexibility index (Phi) is 5.38. The van der Waals surface area contributed by atoms with Gasteiger partial charge < -0.3 is 14.4 Å². The van der Waals surface area contributed by atoms with Gasteiger partial charge in [-0.2, -0.15) is 0 Å². The number of carbonyl (C=O) groups excluding carboxylic acids is 2. The third-order valence-electron chi connectivity index (χ3n) is 3.43. The van der Waals surface area contributed by atoms with E-state index in [0.717, 1.165) is 6.26 Å². The summed E-state index contributed by atoms with van der Waals surface area (Å²) < 4.78 is 33.7. The maximum Gasteiger partial charge on any atom is 0.339 e. The van der Waals surface area contributed by atoms with Gasteiger partial charge in [0.2, 0.25) is 0 Å². The zero-order valence-electron chi connectivity index (χ0n) is 13.0. The van der Waals surface area contributed by atoms with Crippen LogP contribution < -0.4 is 0 Å². The molecule has 7 nitrogen and oxygen atoms in total. The van der Waals surface area contributed by atoms with Crippen LogP contribution in [0.3, 0.4) is 0 Å². The minimum atomic E-state index is -3.56. The lowest BCUT2D eigenvalue weighted by molar-refractivity contribution is -0.141. The molecule has 0 saturated carbocycles. The number of ether oxygens (including phenoxy) is 2. The Morgan fingerprint density at radius 2 is 2.04 bits per heavy atom. The van der Waals surface area contributed by atoms with Gasteiger partial charge in [0.05, 0.1) is 23.2 Å². The predicted molar refractivity (Wildman–Crippen MR) is 81.8 cm³/mol. The Morgan fingerprint density at radius 3 is 2.70 bits per heavy atom. The normalized spacial score (nSPS) is 18.5. The molecule has 1 fully saturated rings. The number of hydrogen-bond donors (Lipinski definition) is 0. The fraction of sp³-hybridized carbons (Fsp3) is 0.467. The molecule has 1 unspecified atom stereocenters. The van der Waals surface area contributed by atoms with Gasteiger partial charge in [0, 0.05) is 19.3 Å². The first-order valence-electron chi connectivity index (χ1n) is 7.14. The average molecular weight is 341 g/mol. The van der Waals surface area contributed by atoms with Crippen LogP contribution in [-0.4, -0.2) is 63.9 Å². The second kappa shape index (κ2) is 7.10. The number of carbonyl (C=O) groups is 2. The van der Waals surface area contributed by atoms with Crippen molar-refractivity contribution in [1.29, 1.82) is 0 Å². The van der Waals surface area contributed by atoms with Crippen LogP contribution in [0.5, 0.6) is 0 Å². The van der Waals surface area contributed by atoms with Crippen LogP contribution in [0.1, 0.15) is 17.3 Å². The van der Waals surface area contributed by atoms with Crippen LogP contribution in [0.4, 0.5) is 0 Å². The number of esters is 1. The topological polar surface area (TPSA) is 90.0 Å². The summed E-state index contributed by atoms with van der Waals surface area (Å²) in [4.78, 5) is 25.6. The molecule has 0 spiro atoms. The van der Waals surface area contributed by atoms with Gasteiger partial charge in [-0.15, -0.1) is 0 Å². The number of morpholine rings is 1. The fourth-order valence-electron chi connectivity index (χ4n) is 2.30. The molecule has 8 heteroatoms. The number of benzene rings is 1. The minimum absolute atomic E-state index is 0.0608. The van der Waals surface area contributed by atoms with Crippen molar-refractivity contribution < 1.29 is 27.5 Å². The largest absolute Gasteiger partial charge is 0.452 e. The molecule has 1 atom stereocenters. The minimum Gasteiger partial charge on any atom is -0.452 e. The zero-order chi connectivity index (χ0) is 17.0. The van der Waals surface area contributed by atoms with Crippen LogP contribution in [0, 0.1) is 0 Å². The molecule has 1 aromatic carbocycles. The summed E-state index contributed by atoms with van der Waals surface area (Å²) in [5.74, 6) is -1.16. The molecule has 1 heterocycles. The van der Waals surface area contributed by atoms with Crippen LogP contribution in [0.2, 0.25) is 0 Å². The van der Waals surface area contributed by atoms with Crippen molar-refractivity contribution in [2.24, 2.45) is 0 Å². The highest BCUT2D eigenvalue weighted by molar-refractivity contribution is 7.90. The highest BCUT2D eigenvalue weighted by Crippen LogP contribution is 2.16. The van der Waals surface area contributed by atoms with Crippen molar-refractivity contribution in [3.8, 4) is 0 Å². The lowest BCUT2D eigenvalue weighted by atomic mass is 10.2. The predicted octanol–water partition coefficient (Wildman–Crippen LogP) is 0.494. The zero-order valence-corrected chi connectivity index (χ0v) is 13.8. The lowest BCUT2D eigenvalue weighted by Crippen LogP contribution is -2.46. The molecule has 1 aromatic rings. The van der Waals surface area contributed by atoms with Crippen LogP contribution >= 0.6 is 0 Å². The van der Waals surface area contributed by atoms with Crippen molar-refractivity contribution in [2.75, 3.05) is 32.6 Å². The van der Waals surface area contributed by atoms with Crippen molar-refractivity contribution in [3.63, 3.8) is 0 Å². The highest BCUT2D eigenvalue weighted by atomic mass is 32.2. The molecule has 1 saturated heterocycles. The van der Waals surface area contributed by atoms with E-state index < -0.39 is 22.4 Å². The summed E-state index contributed by atoms with van der Waals surface area (Å²) >= 11 is 0. The summed E-state index contributed by atoms with van der Waals surface area (Å²) in [7, 11) is -3.56. The number of sulfone groups is 1. The van der Waals surface area contributed by atoms with E-state index in [1.807, 2.05) is 6.92 Å². The molecule has 126 valence electrons. The maximum atomic E-state index is 12.1. The number of hydrogen-bond acceptors (Lipinski definition) is 6. The number of rotatable bonds is 4. The molecular formula is C15H19NO6S. The molecule has 1 amide bonds. The summed E-state index contributed by atoms with van der Waals surface area (Å²) in [6.07, 6.45) is 0.953. The first-order valence-corrected chi connectivity index (χ1v) is 9.04. The van der Waals surface area contributed by atoms with Crippen LogP contribution in [-0.2, 0) is 24.1 Å². The SMILES string of the molecule is CC1CN(C(=O)COC(=O)c2ccccc2S(C)(=O)=O)CCO1. The van der Waals surface area contributed by atoms with Gasteiger partial charge in [-0.25, -0.2) is 13.2 Å². The molecule has 1 aliphatic heterocycles. The smallest absolute Gasteiger partial charge is 0.339 e. The molecule has 1 aliphatic rings. The second-order valence-electron chi connectivity index (χ2n) is 5.37. The van der Waals surface area contributed by atoms with Gasteiger partial charge in [-0.1, -0.05) is 12.1 Å². The Morgan fingerprint density at radius 1 is 1.35 bits per heavy atom. The van der Waals surface area contributed by atoms with E-state index in [1.54, 1.807) is 4.90 Å². The third kappa shape index (κ3) is 4.52. The van der Waals surface area contributed by atoms with Gasteiger partial charge in [-0.05, 0) is 19.1 Å². The molecule has 2 rings (SSSR count). The Balaban J connectivity index is 2.02. The summed E-state index contributed by atoms with van der Waals surface area (Å²) in [6, 6.07) is 5.75. The van der Waals surface area contributed by atoms with Gasteiger partial charge in [0.25, 0.3) is 5.91 Å². The molecular weight excluding hydrogens is 322 g/mol. The Bertz CT molecular complexity index is 700. The molecule has 0 aliphatic carbocycles. The highest BCUT2D eigenvalue weighted by Gasteiger charge is 2.24. The molecule has 0 aromatic heterocycles. The Labute approximate surface area is 135 Å². The van der Waals surface area contributed by atoms with Crippen molar-refractivity contribution in [3.05, 3.63) is 29.8 Å². The van der Waals surface area contributed by atoms with Gasteiger partial charge in [0.1, 0.15) is 0 Å². The van der Waals surface area contributed by atoms with Crippen molar-refractivity contribution >= 4 is 21.7 Å². The second-order valence-corrected chi connectivity index (χ2v) is 7.35. The standard InChI is InChI=1S/C15H19NO6S/c1-11-9-16(7-8-21-11)14(17)10-22-15(18)12-5-3-4-6-13(12)23(2,19)20/h3-6,11H,7-10H2,1-2H3. The van der Waals surface area contributed by atoms with Gasteiger partial charge in [-0.3, -0.25) is 4.79 Å². The quantitative estimate of drug-likeness (QED) is 0.741. The molecule has 23 heavy (non-hydrogen) atoms.